The van der Waals surface area contributed by atoms with Crippen LogP contribution in [0.2, 0.25) is 0 Å². The van der Waals surface area contributed by atoms with E-state index in [9.17, 15) is 0 Å². The zero-order valence-electron chi connectivity index (χ0n) is 11.1. The van der Waals surface area contributed by atoms with Gasteiger partial charge >= 0.3 is 0 Å². The third kappa shape index (κ3) is 1.91. The van der Waals surface area contributed by atoms with E-state index in [1.54, 1.807) is 0 Å². The minimum atomic E-state index is 0.308. The zero-order chi connectivity index (χ0) is 11.6. The fourth-order valence-electron chi connectivity index (χ4n) is 3.83. The van der Waals surface area contributed by atoms with E-state index in [0.29, 0.717) is 11.0 Å². The molecule has 2 heteroatoms. The van der Waals surface area contributed by atoms with Gasteiger partial charge in [-0.3, -0.25) is 4.90 Å². The summed E-state index contributed by atoms with van der Waals surface area (Å²) in [5.41, 5.74) is 7.02. The first kappa shape index (κ1) is 12.4. The fourth-order valence-corrected chi connectivity index (χ4v) is 3.83. The lowest BCUT2D eigenvalue weighted by Crippen LogP contribution is -2.67. The van der Waals surface area contributed by atoms with Crippen molar-refractivity contribution < 1.29 is 0 Å². The highest BCUT2D eigenvalue weighted by Gasteiger charge is 2.49. The number of nitrogens with zero attached hydrogens (tertiary/aromatic N) is 1. The Balaban J connectivity index is 1.95. The molecule has 2 fully saturated rings. The minimum Gasteiger partial charge on any atom is -0.329 e. The Morgan fingerprint density at radius 1 is 1.06 bits per heavy atom. The van der Waals surface area contributed by atoms with Gasteiger partial charge in [-0.2, -0.15) is 0 Å². The van der Waals surface area contributed by atoms with E-state index in [4.69, 9.17) is 5.73 Å². The molecule has 1 saturated carbocycles. The summed E-state index contributed by atoms with van der Waals surface area (Å²) >= 11 is 0. The molecule has 0 amide bonds. The van der Waals surface area contributed by atoms with Crippen LogP contribution in [-0.2, 0) is 0 Å². The molecule has 0 bridgehead atoms. The summed E-state index contributed by atoms with van der Waals surface area (Å²) < 4.78 is 0. The van der Waals surface area contributed by atoms with E-state index in [2.05, 4.69) is 18.7 Å². The summed E-state index contributed by atoms with van der Waals surface area (Å²) in [5, 5.41) is 0. The molecule has 0 atom stereocenters. The monoisotopic (exact) mass is 224 g/mol. The third-order valence-corrected chi connectivity index (χ3v) is 5.33. The lowest BCUT2D eigenvalue weighted by Gasteiger charge is -2.59. The van der Waals surface area contributed by atoms with Gasteiger partial charge in [-0.05, 0) is 31.1 Å². The van der Waals surface area contributed by atoms with Gasteiger partial charge < -0.3 is 5.73 Å². The van der Waals surface area contributed by atoms with Crippen LogP contribution in [0.1, 0.15) is 58.8 Å². The molecule has 1 heterocycles. The molecule has 1 aliphatic heterocycles. The summed E-state index contributed by atoms with van der Waals surface area (Å²) in [4.78, 5) is 2.68. The Morgan fingerprint density at radius 3 is 2.06 bits per heavy atom. The van der Waals surface area contributed by atoms with Gasteiger partial charge in [-0.25, -0.2) is 0 Å². The van der Waals surface area contributed by atoms with Crippen LogP contribution in [0, 0.1) is 5.41 Å². The molecule has 0 unspecified atom stereocenters. The standard InChI is InChI=1S/C14H28N2/c1-3-14(4-2,10-15)16-11-13(12-16)8-6-5-7-9-13/h3-12,15H2,1-2H3. The molecule has 0 aromatic rings. The molecule has 2 rings (SSSR count). The van der Waals surface area contributed by atoms with Crippen molar-refractivity contribution in [2.24, 2.45) is 11.1 Å². The highest BCUT2D eigenvalue weighted by Crippen LogP contribution is 2.47. The Hall–Kier alpha value is -0.0800. The lowest BCUT2D eigenvalue weighted by molar-refractivity contribution is -0.0963. The van der Waals surface area contributed by atoms with E-state index in [0.717, 1.165) is 6.54 Å². The van der Waals surface area contributed by atoms with Gasteiger partial charge in [0.1, 0.15) is 0 Å². The van der Waals surface area contributed by atoms with Crippen molar-refractivity contribution in [3.05, 3.63) is 0 Å². The van der Waals surface area contributed by atoms with Crippen LogP contribution in [0.25, 0.3) is 0 Å². The van der Waals surface area contributed by atoms with Crippen LogP contribution in [-0.4, -0.2) is 30.1 Å². The Morgan fingerprint density at radius 2 is 1.62 bits per heavy atom. The normalized spacial score (nSPS) is 25.7. The first-order valence-corrected chi connectivity index (χ1v) is 7.15. The molecule has 1 aliphatic carbocycles. The molecule has 0 radical (unpaired) electrons. The van der Waals surface area contributed by atoms with Crippen LogP contribution in [0.4, 0.5) is 0 Å². The van der Waals surface area contributed by atoms with Gasteiger partial charge in [0.2, 0.25) is 0 Å². The summed E-state index contributed by atoms with van der Waals surface area (Å²) in [6.07, 6.45) is 9.73. The van der Waals surface area contributed by atoms with Crippen molar-refractivity contribution in [2.45, 2.75) is 64.3 Å². The highest BCUT2D eigenvalue weighted by molar-refractivity contribution is 5.04. The molecule has 1 saturated heterocycles. The molecular weight excluding hydrogens is 196 g/mol. The van der Waals surface area contributed by atoms with Gasteiger partial charge in [0.05, 0.1) is 0 Å². The number of likely N-dealkylation sites (tertiary alicyclic amines) is 1. The molecule has 0 aromatic carbocycles. The van der Waals surface area contributed by atoms with Gasteiger partial charge in [-0.15, -0.1) is 0 Å². The second-order valence-electron chi connectivity index (χ2n) is 6.05. The number of nitrogens with two attached hydrogens (primary N) is 1. The Labute approximate surface area is 101 Å². The van der Waals surface area contributed by atoms with Crippen molar-refractivity contribution >= 4 is 0 Å². The quantitative estimate of drug-likeness (QED) is 0.795. The van der Waals surface area contributed by atoms with Crippen molar-refractivity contribution in [3.63, 3.8) is 0 Å². The van der Waals surface area contributed by atoms with Crippen LogP contribution in [0.3, 0.4) is 0 Å². The lowest BCUT2D eigenvalue weighted by atomic mass is 9.66. The zero-order valence-corrected chi connectivity index (χ0v) is 11.1. The first-order chi connectivity index (χ1) is 7.70. The Bertz CT molecular complexity index is 211. The number of hydrogen-bond donors (Lipinski definition) is 1. The predicted octanol–water partition coefficient (Wildman–Crippen LogP) is 2.77. The average molecular weight is 224 g/mol. The van der Waals surface area contributed by atoms with Crippen LogP contribution in [0.5, 0.6) is 0 Å². The van der Waals surface area contributed by atoms with Gasteiger partial charge in [0, 0.05) is 25.2 Å². The number of hydrogen-bond acceptors (Lipinski definition) is 2. The molecule has 1 spiro atoms. The molecule has 2 aliphatic rings. The largest absolute Gasteiger partial charge is 0.329 e. The maximum Gasteiger partial charge on any atom is 0.0327 e. The van der Waals surface area contributed by atoms with Crippen molar-refractivity contribution in [3.8, 4) is 0 Å². The van der Waals surface area contributed by atoms with Gasteiger partial charge in [0.25, 0.3) is 0 Å². The number of rotatable bonds is 4. The second-order valence-corrected chi connectivity index (χ2v) is 6.05. The smallest absolute Gasteiger partial charge is 0.0327 e. The van der Waals surface area contributed by atoms with E-state index in [1.807, 2.05) is 0 Å². The van der Waals surface area contributed by atoms with Gasteiger partial charge in [0.15, 0.2) is 0 Å². The minimum absolute atomic E-state index is 0.308. The molecule has 2 N–H and O–H groups in total. The van der Waals surface area contributed by atoms with Crippen LogP contribution in [0.15, 0.2) is 0 Å². The summed E-state index contributed by atoms with van der Waals surface area (Å²) in [6, 6.07) is 0. The predicted molar refractivity (Wildman–Crippen MR) is 69.5 cm³/mol. The highest BCUT2D eigenvalue weighted by atomic mass is 15.3. The van der Waals surface area contributed by atoms with Crippen molar-refractivity contribution in [1.29, 1.82) is 0 Å². The van der Waals surface area contributed by atoms with E-state index in [-0.39, 0.29) is 0 Å². The molecular formula is C14H28N2. The fraction of sp³-hybridized carbons (Fsp3) is 1.00. The van der Waals surface area contributed by atoms with E-state index in [1.165, 1.54) is 58.0 Å². The van der Waals surface area contributed by atoms with Crippen LogP contribution < -0.4 is 5.73 Å². The first-order valence-electron chi connectivity index (χ1n) is 7.15. The SMILES string of the molecule is CCC(CC)(CN)N1CC2(CCCCC2)C1. The second kappa shape index (κ2) is 4.66. The van der Waals surface area contributed by atoms with Crippen molar-refractivity contribution in [1.82, 2.24) is 4.90 Å². The molecule has 2 nitrogen and oxygen atoms in total. The molecule has 0 aromatic heterocycles. The van der Waals surface area contributed by atoms with E-state index < -0.39 is 0 Å². The maximum atomic E-state index is 6.02. The summed E-state index contributed by atoms with van der Waals surface area (Å²) in [7, 11) is 0. The summed E-state index contributed by atoms with van der Waals surface area (Å²) in [6.45, 7) is 8.07. The average Bonchev–Trinajstić information content (AvgIpc) is 2.31. The van der Waals surface area contributed by atoms with Crippen LogP contribution >= 0.6 is 0 Å². The van der Waals surface area contributed by atoms with Gasteiger partial charge in [-0.1, -0.05) is 33.1 Å². The Kier molecular flexibility index (Phi) is 3.60. The topological polar surface area (TPSA) is 29.3 Å². The van der Waals surface area contributed by atoms with Crippen molar-refractivity contribution in [2.75, 3.05) is 19.6 Å². The maximum absolute atomic E-state index is 6.02. The summed E-state index contributed by atoms with van der Waals surface area (Å²) in [5.74, 6) is 0. The van der Waals surface area contributed by atoms with E-state index >= 15 is 0 Å². The third-order valence-electron chi connectivity index (χ3n) is 5.33. The molecule has 94 valence electrons. The molecule has 16 heavy (non-hydrogen) atoms.